The number of carbonyl (C=O) groups is 2. The van der Waals surface area contributed by atoms with Gasteiger partial charge >= 0.3 is 5.97 Å². The Balaban J connectivity index is 1.77. The summed E-state index contributed by atoms with van der Waals surface area (Å²) in [4.78, 5) is 35.8. The van der Waals surface area contributed by atoms with Crippen molar-refractivity contribution in [3.63, 3.8) is 0 Å². The maximum Gasteiger partial charge on any atom is 0.308 e. The first kappa shape index (κ1) is 23.4. The lowest BCUT2D eigenvalue weighted by atomic mass is 10.0. The van der Waals surface area contributed by atoms with Crippen LogP contribution in [0.3, 0.4) is 0 Å². The van der Waals surface area contributed by atoms with E-state index in [1.807, 2.05) is 30.3 Å². The van der Waals surface area contributed by atoms with Crippen molar-refractivity contribution < 1.29 is 19.2 Å². The molecule has 0 saturated carbocycles. The van der Waals surface area contributed by atoms with Crippen LogP contribution < -0.4 is 5.32 Å². The number of nitro groups is 1. The lowest BCUT2D eigenvalue weighted by molar-refractivity contribution is -0.385. The number of carbonyl (C=O) groups excluding carboxylic acids is 2. The molecule has 9 nitrogen and oxygen atoms in total. The van der Waals surface area contributed by atoms with Crippen molar-refractivity contribution in [3.05, 3.63) is 94.3 Å². The van der Waals surface area contributed by atoms with Gasteiger partial charge in [-0.25, -0.2) is 4.68 Å². The molecule has 1 amide bonds. The number of aromatic nitrogens is 2. The summed E-state index contributed by atoms with van der Waals surface area (Å²) in [6.07, 6.45) is 5.65. The molecule has 2 aromatic carbocycles. The molecule has 0 aliphatic rings. The standard InChI is InChI=1S/C24H24N4O5/c1-17(2)33-24(30)14-21(20-10-6-7-11-22(20)28(31)32)26-23(29)13-12-18-15-25-27(16-18)19-8-4-3-5-9-19/h3-13,15-17,21H,14H2,1-2H3,(H,26,29)/b13-12+. The predicted octanol–water partition coefficient (Wildman–Crippen LogP) is 3.99. The molecular formula is C24H24N4O5. The second-order valence-corrected chi connectivity index (χ2v) is 7.51. The van der Waals surface area contributed by atoms with E-state index in [0.717, 1.165) is 5.69 Å². The molecule has 3 aromatic rings. The number of hydrogen-bond acceptors (Lipinski definition) is 6. The Hall–Kier alpha value is -4.27. The van der Waals surface area contributed by atoms with Crippen LogP contribution in [0.1, 0.15) is 37.4 Å². The van der Waals surface area contributed by atoms with Crippen molar-refractivity contribution in [2.24, 2.45) is 0 Å². The number of amides is 1. The van der Waals surface area contributed by atoms with Crippen molar-refractivity contribution in [2.75, 3.05) is 0 Å². The molecule has 0 spiro atoms. The zero-order chi connectivity index (χ0) is 23.8. The molecule has 1 heterocycles. The summed E-state index contributed by atoms with van der Waals surface area (Å²) in [5.41, 5.74) is 1.60. The van der Waals surface area contributed by atoms with Crippen LogP contribution in [0.4, 0.5) is 5.69 Å². The van der Waals surface area contributed by atoms with Gasteiger partial charge in [-0.15, -0.1) is 0 Å². The van der Waals surface area contributed by atoms with E-state index in [1.165, 1.54) is 24.3 Å². The monoisotopic (exact) mass is 448 g/mol. The third-order valence-electron chi connectivity index (χ3n) is 4.61. The summed E-state index contributed by atoms with van der Waals surface area (Å²) in [7, 11) is 0. The van der Waals surface area contributed by atoms with Crippen molar-refractivity contribution in [1.82, 2.24) is 15.1 Å². The van der Waals surface area contributed by atoms with Gasteiger partial charge in [0.15, 0.2) is 0 Å². The molecule has 33 heavy (non-hydrogen) atoms. The van der Waals surface area contributed by atoms with E-state index in [0.29, 0.717) is 5.56 Å². The minimum absolute atomic E-state index is 0.187. The quantitative estimate of drug-likeness (QED) is 0.229. The summed E-state index contributed by atoms with van der Waals surface area (Å²) in [6.45, 7) is 3.41. The van der Waals surface area contributed by atoms with Crippen LogP contribution in [0, 0.1) is 10.1 Å². The number of nitrogens with one attached hydrogen (secondary N) is 1. The van der Waals surface area contributed by atoms with E-state index in [2.05, 4.69) is 10.4 Å². The van der Waals surface area contributed by atoms with E-state index in [1.54, 1.807) is 43.1 Å². The summed E-state index contributed by atoms with van der Waals surface area (Å²) in [6, 6.07) is 14.6. The van der Waals surface area contributed by atoms with Crippen LogP contribution >= 0.6 is 0 Å². The molecule has 0 aliphatic carbocycles. The first-order chi connectivity index (χ1) is 15.8. The Morgan fingerprint density at radius 1 is 1.15 bits per heavy atom. The highest BCUT2D eigenvalue weighted by Crippen LogP contribution is 2.27. The highest BCUT2D eigenvalue weighted by molar-refractivity contribution is 5.92. The average Bonchev–Trinajstić information content (AvgIpc) is 3.26. The van der Waals surface area contributed by atoms with Crippen molar-refractivity contribution in [1.29, 1.82) is 0 Å². The SMILES string of the molecule is CC(C)OC(=O)CC(NC(=O)/C=C/c1cnn(-c2ccccc2)c1)c1ccccc1[N+](=O)[O-]. The Morgan fingerprint density at radius 3 is 2.55 bits per heavy atom. The highest BCUT2D eigenvalue weighted by atomic mass is 16.6. The van der Waals surface area contributed by atoms with Gasteiger partial charge in [0.05, 0.1) is 40.9 Å². The molecule has 1 atom stereocenters. The third-order valence-corrected chi connectivity index (χ3v) is 4.61. The van der Waals surface area contributed by atoms with Crippen LogP contribution in [-0.4, -0.2) is 32.7 Å². The molecule has 0 aliphatic heterocycles. The number of nitrogens with zero attached hydrogens (tertiary/aromatic N) is 3. The molecule has 9 heteroatoms. The van der Waals surface area contributed by atoms with Gasteiger partial charge in [-0.3, -0.25) is 19.7 Å². The average molecular weight is 448 g/mol. The molecule has 0 saturated heterocycles. The van der Waals surface area contributed by atoms with Gasteiger partial charge in [0.25, 0.3) is 5.69 Å². The topological polar surface area (TPSA) is 116 Å². The van der Waals surface area contributed by atoms with Crippen LogP contribution in [0.5, 0.6) is 0 Å². The largest absolute Gasteiger partial charge is 0.463 e. The molecule has 0 bridgehead atoms. The van der Waals surface area contributed by atoms with E-state index in [9.17, 15) is 19.7 Å². The van der Waals surface area contributed by atoms with E-state index >= 15 is 0 Å². The first-order valence-corrected chi connectivity index (χ1v) is 10.3. The Labute approximate surface area is 190 Å². The Kier molecular flexibility index (Phi) is 7.69. The van der Waals surface area contributed by atoms with Gasteiger partial charge in [0, 0.05) is 23.9 Å². The van der Waals surface area contributed by atoms with Crippen LogP contribution in [0.2, 0.25) is 0 Å². The minimum atomic E-state index is -0.929. The molecule has 1 aromatic heterocycles. The fourth-order valence-electron chi connectivity index (χ4n) is 3.20. The summed E-state index contributed by atoms with van der Waals surface area (Å²) in [5, 5.41) is 18.4. The van der Waals surface area contributed by atoms with Crippen molar-refractivity contribution in [2.45, 2.75) is 32.4 Å². The fourth-order valence-corrected chi connectivity index (χ4v) is 3.20. The predicted molar refractivity (Wildman–Crippen MR) is 122 cm³/mol. The van der Waals surface area contributed by atoms with E-state index < -0.39 is 22.8 Å². The van der Waals surface area contributed by atoms with Gasteiger partial charge in [-0.05, 0) is 32.1 Å². The van der Waals surface area contributed by atoms with Gasteiger partial charge in [0.2, 0.25) is 5.91 Å². The minimum Gasteiger partial charge on any atom is -0.463 e. The van der Waals surface area contributed by atoms with E-state index in [-0.39, 0.29) is 23.8 Å². The molecule has 0 radical (unpaired) electrons. The summed E-state index contributed by atoms with van der Waals surface area (Å²) < 4.78 is 6.85. The number of nitro benzene ring substituents is 1. The Bertz CT molecular complexity index is 1150. The van der Waals surface area contributed by atoms with Gasteiger partial charge < -0.3 is 10.1 Å². The number of para-hydroxylation sites is 2. The summed E-state index contributed by atoms with van der Waals surface area (Å²) >= 11 is 0. The zero-order valence-corrected chi connectivity index (χ0v) is 18.3. The molecule has 0 fully saturated rings. The van der Waals surface area contributed by atoms with Crippen molar-refractivity contribution >= 4 is 23.6 Å². The fraction of sp³-hybridized carbons (Fsp3) is 0.208. The van der Waals surface area contributed by atoms with Crippen LogP contribution in [-0.2, 0) is 14.3 Å². The lowest BCUT2D eigenvalue weighted by Crippen LogP contribution is -2.30. The summed E-state index contributed by atoms with van der Waals surface area (Å²) in [5.74, 6) is -1.08. The second kappa shape index (κ2) is 10.9. The molecule has 170 valence electrons. The number of rotatable bonds is 9. The maximum atomic E-state index is 12.6. The van der Waals surface area contributed by atoms with Crippen molar-refractivity contribution in [3.8, 4) is 5.69 Å². The molecule has 1 unspecified atom stereocenters. The van der Waals surface area contributed by atoms with Crippen LogP contribution in [0.25, 0.3) is 11.8 Å². The van der Waals surface area contributed by atoms with Gasteiger partial charge in [0.1, 0.15) is 0 Å². The number of ether oxygens (including phenoxy) is 1. The Morgan fingerprint density at radius 2 is 1.85 bits per heavy atom. The number of hydrogen-bond donors (Lipinski definition) is 1. The third kappa shape index (κ3) is 6.60. The number of benzene rings is 2. The van der Waals surface area contributed by atoms with E-state index in [4.69, 9.17) is 4.74 Å². The van der Waals surface area contributed by atoms with Gasteiger partial charge in [-0.1, -0.05) is 36.4 Å². The molecule has 1 N–H and O–H groups in total. The number of esters is 1. The first-order valence-electron chi connectivity index (χ1n) is 10.3. The molecule has 3 rings (SSSR count). The van der Waals surface area contributed by atoms with Crippen LogP contribution in [0.15, 0.2) is 73.1 Å². The lowest BCUT2D eigenvalue weighted by Gasteiger charge is -2.18. The van der Waals surface area contributed by atoms with Gasteiger partial charge in [-0.2, -0.15) is 5.10 Å². The zero-order valence-electron chi connectivity index (χ0n) is 18.3. The maximum absolute atomic E-state index is 12.6. The normalized spacial score (nSPS) is 12.0. The molecular weight excluding hydrogens is 424 g/mol. The second-order valence-electron chi connectivity index (χ2n) is 7.51. The highest BCUT2D eigenvalue weighted by Gasteiger charge is 2.26. The smallest absolute Gasteiger partial charge is 0.308 e.